The monoisotopic (exact) mass is 366 g/mol. The van der Waals surface area contributed by atoms with Crippen molar-refractivity contribution in [2.45, 2.75) is 64.0 Å². The van der Waals surface area contributed by atoms with Crippen LogP contribution in [0.25, 0.3) is 16.8 Å². The van der Waals surface area contributed by atoms with Gasteiger partial charge in [0.1, 0.15) is 5.60 Å². The fraction of sp³-hybridized carbons (Fsp3) is 0.476. The standard InChI is InChI=1S/C21H26N4O2/c1-15(2)25-20(26)10-9-17(22-25)16-8-7-13-24-18(16)14-19(23-24)21(27)11-5-3-4-6-12-21/h7-10,13-15,27H,3-6,11-12H2,1-2H3. The van der Waals surface area contributed by atoms with Crippen molar-refractivity contribution in [2.75, 3.05) is 0 Å². The molecule has 0 bridgehead atoms. The molecule has 1 aliphatic carbocycles. The second-order valence-electron chi connectivity index (χ2n) is 7.82. The molecule has 6 nitrogen and oxygen atoms in total. The molecule has 0 aliphatic heterocycles. The quantitative estimate of drug-likeness (QED) is 0.718. The molecular formula is C21H26N4O2. The lowest BCUT2D eigenvalue weighted by Gasteiger charge is -2.23. The zero-order valence-corrected chi connectivity index (χ0v) is 15.9. The summed E-state index contributed by atoms with van der Waals surface area (Å²) >= 11 is 0. The van der Waals surface area contributed by atoms with Gasteiger partial charge in [-0.25, -0.2) is 9.20 Å². The van der Waals surface area contributed by atoms with Crippen LogP contribution in [0.2, 0.25) is 0 Å². The van der Waals surface area contributed by atoms with E-state index in [1.807, 2.05) is 38.2 Å². The first kappa shape index (κ1) is 17.9. The number of aromatic nitrogens is 4. The maximum absolute atomic E-state index is 12.0. The van der Waals surface area contributed by atoms with Crippen molar-refractivity contribution in [1.82, 2.24) is 19.4 Å². The molecule has 0 spiro atoms. The fourth-order valence-electron chi connectivity index (χ4n) is 3.97. The number of fused-ring (bicyclic) bond motifs is 1. The van der Waals surface area contributed by atoms with Crippen molar-refractivity contribution < 1.29 is 5.11 Å². The second kappa shape index (κ2) is 6.93. The average Bonchev–Trinajstić information content (AvgIpc) is 2.98. The first-order valence-electron chi connectivity index (χ1n) is 9.79. The van der Waals surface area contributed by atoms with Crippen molar-refractivity contribution in [3.05, 3.63) is 52.6 Å². The molecule has 1 saturated carbocycles. The third-order valence-corrected chi connectivity index (χ3v) is 5.50. The normalized spacial score (nSPS) is 17.3. The van der Waals surface area contributed by atoms with E-state index in [2.05, 4.69) is 10.2 Å². The minimum absolute atomic E-state index is 0.00986. The van der Waals surface area contributed by atoms with Gasteiger partial charge < -0.3 is 5.11 Å². The van der Waals surface area contributed by atoms with Gasteiger partial charge in [0, 0.05) is 17.8 Å². The van der Waals surface area contributed by atoms with E-state index >= 15 is 0 Å². The molecule has 3 aromatic heterocycles. The molecule has 3 heterocycles. The van der Waals surface area contributed by atoms with Gasteiger partial charge in [-0.1, -0.05) is 25.7 Å². The van der Waals surface area contributed by atoms with Crippen molar-refractivity contribution in [2.24, 2.45) is 0 Å². The van der Waals surface area contributed by atoms with Crippen LogP contribution < -0.4 is 5.56 Å². The van der Waals surface area contributed by atoms with E-state index < -0.39 is 5.60 Å². The van der Waals surface area contributed by atoms with Crippen LogP contribution >= 0.6 is 0 Å². The topological polar surface area (TPSA) is 72.4 Å². The number of nitrogens with zero attached hydrogens (tertiary/aromatic N) is 4. The summed E-state index contributed by atoms with van der Waals surface area (Å²) in [7, 11) is 0. The maximum atomic E-state index is 12.0. The first-order chi connectivity index (χ1) is 13.0. The van der Waals surface area contributed by atoms with Gasteiger partial charge in [0.05, 0.1) is 22.9 Å². The molecule has 3 aromatic rings. The van der Waals surface area contributed by atoms with Crippen molar-refractivity contribution in [1.29, 1.82) is 0 Å². The highest BCUT2D eigenvalue weighted by Crippen LogP contribution is 2.36. The Morgan fingerprint density at radius 3 is 2.52 bits per heavy atom. The summed E-state index contributed by atoms with van der Waals surface area (Å²) in [5.74, 6) is 0. The van der Waals surface area contributed by atoms with Crippen LogP contribution in [0.1, 0.15) is 64.1 Å². The van der Waals surface area contributed by atoms with Crippen molar-refractivity contribution in [3.63, 3.8) is 0 Å². The Balaban J connectivity index is 1.83. The summed E-state index contributed by atoms with van der Waals surface area (Å²) in [4.78, 5) is 12.0. The van der Waals surface area contributed by atoms with Crippen LogP contribution in [0.5, 0.6) is 0 Å². The molecule has 0 atom stereocenters. The van der Waals surface area contributed by atoms with E-state index in [4.69, 9.17) is 0 Å². The zero-order valence-electron chi connectivity index (χ0n) is 15.9. The Labute approximate surface area is 158 Å². The Hall–Kier alpha value is -2.47. The number of rotatable bonds is 3. The van der Waals surface area contributed by atoms with Crippen molar-refractivity contribution >= 4 is 5.52 Å². The third kappa shape index (κ3) is 3.30. The Bertz CT molecular complexity index is 1010. The van der Waals surface area contributed by atoms with Crippen LogP contribution in [0.4, 0.5) is 0 Å². The molecule has 6 heteroatoms. The number of pyridine rings is 1. The molecule has 1 N–H and O–H groups in total. The highest BCUT2D eigenvalue weighted by Gasteiger charge is 2.33. The highest BCUT2D eigenvalue weighted by molar-refractivity contribution is 5.78. The predicted molar refractivity (Wildman–Crippen MR) is 105 cm³/mol. The van der Waals surface area contributed by atoms with E-state index in [1.165, 1.54) is 17.5 Å². The van der Waals surface area contributed by atoms with Gasteiger partial charge in [-0.15, -0.1) is 0 Å². The van der Waals surface area contributed by atoms with Gasteiger partial charge in [-0.05, 0) is 51.0 Å². The second-order valence-corrected chi connectivity index (χ2v) is 7.82. The summed E-state index contributed by atoms with van der Waals surface area (Å²) in [5, 5.41) is 20.4. The van der Waals surface area contributed by atoms with Gasteiger partial charge in [0.2, 0.25) is 0 Å². The van der Waals surface area contributed by atoms with Crippen molar-refractivity contribution in [3.8, 4) is 11.3 Å². The van der Waals surface area contributed by atoms with Crippen LogP contribution in [0.15, 0.2) is 41.3 Å². The molecule has 27 heavy (non-hydrogen) atoms. The first-order valence-corrected chi connectivity index (χ1v) is 9.79. The van der Waals surface area contributed by atoms with Gasteiger partial charge >= 0.3 is 0 Å². The summed E-state index contributed by atoms with van der Waals surface area (Å²) in [5.41, 5.74) is 2.30. The Morgan fingerprint density at radius 2 is 1.81 bits per heavy atom. The summed E-state index contributed by atoms with van der Waals surface area (Å²) in [6.45, 7) is 3.88. The van der Waals surface area contributed by atoms with E-state index in [1.54, 1.807) is 16.6 Å². The molecule has 1 aliphatic rings. The van der Waals surface area contributed by atoms with Crippen LogP contribution in [0, 0.1) is 0 Å². The molecule has 0 aromatic carbocycles. The molecule has 0 saturated heterocycles. The van der Waals surface area contributed by atoms with Gasteiger partial charge in [-0.2, -0.15) is 10.2 Å². The molecule has 142 valence electrons. The number of hydrogen-bond donors (Lipinski definition) is 1. The minimum atomic E-state index is -0.857. The fourth-order valence-corrected chi connectivity index (χ4v) is 3.97. The Morgan fingerprint density at radius 1 is 1.07 bits per heavy atom. The lowest BCUT2D eigenvalue weighted by atomic mass is 9.91. The van der Waals surface area contributed by atoms with Gasteiger partial charge in [0.25, 0.3) is 5.56 Å². The predicted octanol–water partition coefficient (Wildman–Crippen LogP) is 3.68. The largest absolute Gasteiger partial charge is 0.383 e. The molecular weight excluding hydrogens is 340 g/mol. The van der Waals surface area contributed by atoms with Crippen LogP contribution in [-0.4, -0.2) is 24.5 Å². The molecule has 1 fully saturated rings. The van der Waals surface area contributed by atoms with Crippen LogP contribution in [-0.2, 0) is 5.60 Å². The molecule has 0 radical (unpaired) electrons. The zero-order chi connectivity index (χ0) is 19.0. The minimum Gasteiger partial charge on any atom is -0.383 e. The smallest absolute Gasteiger partial charge is 0.267 e. The van der Waals surface area contributed by atoms with Gasteiger partial charge in [-0.3, -0.25) is 4.79 Å². The highest BCUT2D eigenvalue weighted by atomic mass is 16.3. The van der Waals surface area contributed by atoms with E-state index in [0.717, 1.165) is 48.2 Å². The average molecular weight is 366 g/mol. The van der Waals surface area contributed by atoms with Gasteiger partial charge in [0.15, 0.2) is 0 Å². The lowest BCUT2D eigenvalue weighted by Crippen LogP contribution is -2.25. The molecule has 0 amide bonds. The molecule has 0 unspecified atom stereocenters. The molecule has 4 rings (SSSR count). The summed E-state index contributed by atoms with van der Waals surface area (Å²) in [6.07, 6.45) is 7.78. The van der Waals surface area contributed by atoms with E-state index in [9.17, 15) is 9.90 Å². The third-order valence-electron chi connectivity index (χ3n) is 5.50. The van der Waals surface area contributed by atoms with E-state index in [-0.39, 0.29) is 11.6 Å². The lowest BCUT2D eigenvalue weighted by molar-refractivity contribution is 0.0162. The Kier molecular flexibility index (Phi) is 4.60. The summed E-state index contributed by atoms with van der Waals surface area (Å²) in [6, 6.07) is 9.18. The maximum Gasteiger partial charge on any atom is 0.267 e. The van der Waals surface area contributed by atoms with E-state index in [0.29, 0.717) is 0 Å². The van der Waals surface area contributed by atoms with Crippen LogP contribution in [0.3, 0.4) is 0 Å². The number of aliphatic hydroxyl groups is 1. The number of hydrogen-bond acceptors (Lipinski definition) is 4. The SMILES string of the molecule is CC(C)n1nc(-c2cccn3nc(C4(O)CCCCCC4)cc23)ccc1=O. The summed E-state index contributed by atoms with van der Waals surface area (Å²) < 4.78 is 3.30.